The van der Waals surface area contributed by atoms with E-state index >= 15 is 0 Å². The van der Waals surface area contributed by atoms with Gasteiger partial charge in [0.25, 0.3) is 0 Å². The number of hydrogen-bond donors (Lipinski definition) is 2. The first kappa shape index (κ1) is 12.2. The summed E-state index contributed by atoms with van der Waals surface area (Å²) < 4.78 is 5.48. The van der Waals surface area contributed by atoms with Gasteiger partial charge in [-0.3, -0.25) is 0 Å². The number of nitrogens with zero attached hydrogens (tertiary/aromatic N) is 2. The van der Waals surface area contributed by atoms with Crippen LogP contribution < -0.4 is 11.1 Å². The third-order valence-electron chi connectivity index (χ3n) is 3.50. The summed E-state index contributed by atoms with van der Waals surface area (Å²) in [5, 5.41) is 11.2. The first-order valence-corrected chi connectivity index (χ1v) is 6.64. The molecule has 100 valence electrons. The second-order valence-electron chi connectivity index (χ2n) is 5.09. The van der Waals surface area contributed by atoms with Crippen molar-refractivity contribution in [3.63, 3.8) is 0 Å². The summed E-state index contributed by atoms with van der Waals surface area (Å²) >= 11 is 0. The maximum Gasteiger partial charge on any atom is 0.315 e. The Kier molecular flexibility index (Phi) is 3.21. The lowest BCUT2D eigenvalue weighted by Crippen LogP contribution is -2.27. The average molecular weight is 258 g/mol. The molecule has 0 spiro atoms. The molecular formula is C14H18N4O. The maximum atomic E-state index is 5.70. The zero-order chi connectivity index (χ0) is 13.2. The normalized spacial score (nSPS) is 19.8. The zero-order valence-electron chi connectivity index (χ0n) is 11.0. The van der Waals surface area contributed by atoms with Crippen LogP contribution in [0.25, 0.3) is 0 Å². The van der Waals surface area contributed by atoms with Gasteiger partial charge in [0.1, 0.15) is 0 Å². The van der Waals surface area contributed by atoms with E-state index in [0.29, 0.717) is 17.9 Å². The molecule has 1 heterocycles. The van der Waals surface area contributed by atoms with Crippen molar-refractivity contribution >= 4 is 6.01 Å². The number of aromatic nitrogens is 2. The van der Waals surface area contributed by atoms with Gasteiger partial charge in [0, 0.05) is 6.04 Å². The first-order chi connectivity index (χ1) is 9.22. The number of hydrogen-bond acceptors (Lipinski definition) is 5. The highest BCUT2D eigenvalue weighted by Gasteiger charge is 2.20. The molecule has 0 radical (unpaired) electrons. The number of benzene rings is 1. The SMILES string of the molecule is CC(N)c1nnc(NC2CCc3ccccc3C2)o1. The third kappa shape index (κ3) is 2.61. The van der Waals surface area contributed by atoms with Gasteiger partial charge in [0.05, 0.1) is 6.04 Å². The number of nitrogens with one attached hydrogen (secondary N) is 1. The van der Waals surface area contributed by atoms with E-state index in [0.717, 1.165) is 19.3 Å². The van der Waals surface area contributed by atoms with Gasteiger partial charge in [-0.25, -0.2) is 0 Å². The monoisotopic (exact) mass is 258 g/mol. The molecule has 1 aliphatic rings. The number of anilines is 1. The maximum absolute atomic E-state index is 5.70. The first-order valence-electron chi connectivity index (χ1n) is 6.64. The Morgan fingerprint density at radius 2 is 2.11 bits per heavy atom. The highest BCUT2D eigenvalue weighted by atomic mass is 16.4. The van der Waals surface area contributed by atoms with Crippen LogP contribution in [0.15, 0.2) is 28.7 Å². The van der Waals surface area contributed by atoms with E-state index in [1.165, 1.54) is 11.1 Å². The van der Waals surface area contributed by atoms with Crippen molar-refractivity contribution in [2.24, 2.45) is 5.73 Å². The number of rotatable bonds is 3. The Morgan fingerprint density at radius 1 is 1.32 bits per heavy atom. The van der Waals surface area contributed by atoms with Crippen LogP contribution in [0.3, 0.4) is 0 Å². The van der Waals surface area contributed by atoms with E-state index in [2.05, 4.69) is 39.8 Å². The molecule has 5 heteroatoms. The summed E-state index contributed by atoms with van der Waals surface area (Å²) in [6.07, 6.45) is 3.15. The van der Waals surface area contributed by atoms with Crippen LogP contribution in [0.2, 0.25) is 0 Å². The fourth-order valence-corrected chi connectivity index (χ4v) is 2.47. The van der Waals surface area contributed by atoms with Gasteiger partial charge in [-0.05, 0) is 37.3 Å². The van der Waals surface area contributed by atoms with Crippen LogP contribution >= 0.6 is 0 Å². The molecule has 0 amide bonds. The predicted octanol–water partition coefficient (Wildman–Crippen LogP) is 2.06. The van der Waals surface area contributed by atoms with Crippen LogP contribution in [0.5, 0.6) is 0 Å². The van der Waals surface area contributed by atoms with E-state index in [1.807, 2.05) is 6.92 Å². The Bertz CT molecular complexity index is 564. The molecule has 1 aromatic heterocycles. The quantitative estimate of drug-likeness (QED) is 0.881. The van der Waals surface area contributed by atoms with Crippen molar-refractivity contribution in [2.45, 2.75) is 38.3 Å². The van der Waals surface area contributed by atoms with E-state index in [4.69, 9.17) is 10.2 Å². The van der Waals surface area contributed by atoms with E-state index in [9.17, 15) is 0 Å². The number of nitrogens with two attached hydrogens (primary N) is 1. The van der Waals surface area contributed by atoms with Gasteiger partial charge >= 0.3 is 6.01 Å². The van der Waals surface area contributed by atoms with Gasteiger partial charge in [-0.1, -0.05) is 29.4 Å². The standard InChI is InChI=1S/C14H18N4O/c1-9(15)13-17-18-14(19-13)16-12-7-6-10-4-2-3-5-11(10)8-12/h2-5,9,12H,6-8,15H2,1H3,(H,16,18). The minimum atomic E-state index is -0.227. The molecular weight excluding hydrogens is 240 g/mol. The summed E-state index contributed by atoms with van der Waals surface area (Å²) in [5.74, 6) is 0.471. The number of fused-ring (bicyclic) bond motifs is 1. The fourth-order valence-electron chi connectivity index (χ4n) is 2.47. The Labute approximate surface area is 112 Å². The zero-order valence-corrected chi connectivity index (χ0v) is 11.0. The highest BCUT2D eigenvalue weighted by molar-refractivity contribution is 5.33. The van der Waals surface area contributed by atoms with Crippen LogP contribution in [0.1, 0.15) is 36.4 Å². The van der Waals surface area contributed by atoms with Crippen molar-refractivity contribution < 1.29 is 4.42 Å². The molecule has 2 unspecified atom stereocenters. The van der Waals surface area contributed by atoms with Gasteiger partial charge < -0.3 is 15.5 Å². The van der Waals surface area contributed by atoms with Crippen molar-refractivity contribution in [2.75, 3.05) is 5.32 Å². The number of aryl methyl sites for hydroxylation is 1. The van der Waals surface area contributed by atoms with Gasteiger partial charge in [0.2, 0.25) is 5.89 Å². The summed E-state index contributed by atoms with van der Waals surface area (Å²) in [7, 11) is 0. The Morgan fingerprint density at radius 3 is 2.84 bits per heavy atom. The van der Waals surface area contributed by atoms with Gasteiger partial charge in [-0.2, -0.15) is 0 Å². The fraction of sp³-hybridized carbons (Fsp3) is 0.429. The molecule has 3 rings (SSSR count). The van der Waals surface area contributed by atoms with Crippen molar-refractivity contribution in [3.05, 3.63) is 41.3 Å². The lowest BCUT2D eigenvalue weighted by Gasteiger charge is -2.24. The van der Waals surface area contributed by atoms with Crippen LogP contribution in [-0.2, 0) is 12.8 Å². The van der Waals surface area contributed by atoms with Crippen molar-refractivity contribution in [3.8, 4) is 0 Å². The minimum Gasteiger partial charge on any atom is -0.406 e. The van der Waals surface area contributed by atoms with Crippen LogP contribution in [0.4, 0.5) is 6.01 Å². The molecule has 0 fully saturated rings. The topological polar surface area (TPSA) is 77.0 Å². The molecule has 19 heavy (non-hydrogen) atoms. The summed E-state index contributed by atoms with van der Waals surface area (Å²) in [4.78, 5) is 0. The summed E-state index contributed by atoms with van der Waals surface area (Å²) in [6.45, 7) is 1.83. The second-order valence-corrected chi connectivity index (χ2v) is 5.09. The predicted molar refractivity (Wildman–Crippen MR) is 72.8 cm³/mol. The van der Waals surface area contributed by atoms with E-state index < -0.39 is 0 Å². The van der Waals surface area contributed by atoms with E-state index in [-0.39, 0.29) is 6.04 Å². The largest absolute Gasteiger partial charge is 0.406 e. The van der Waals surface area contributed by atoms with Gasteiger partial charge in [0.15, 0.2) is 0 Å². The molecule has 5 nitrogen and oxygen atoms in total. The van der Waals surface area contributed by atoms with Crippen LogP contribution in [-0.4, -0.2) is 16.2 Å². The molecule has 0 saturated carbocycles. The van der Waals surface area contributed by atoms with Crippen molar-refractivity contribution in [1.29, 1.82) is 0 Å². The molecule has 1 aromatic carbocycles. The average Bonchev–Trinajstić information content (AvgIpc) is 2.87. The van der Waals surface area contributed by atoms with E-state index in [1.54, 1.807) is 0 Å². The Balaban J connectivity index is 1.68. The second kappa shape index (κ2) is 5.01. The van der Waals surface area contributed by atoms with Crippen molar-refractivity contribution in [1.82, 2.24) is 10.2 Å². The smallest absolute Gasteiger partial charge is 0.315 e. The molecule has 2 aromatic rings. The molecule has 0 aliphatic heterocycles. The van der Waals surface area contributed by atoms with Crippen LogP contribution in [0, 0.1) is 0 Å². The highest BCUT2D eigenvalue weighted by Crippen LogP contribution is 2.23. The minimum absolute atomic E-state index is 0.227. The van der Waals surface area contributed by atoms with Gasteiger partial charge in [-0.15, -0.1) is 5.10 Å². The molecule has 3 N–H and O–H groups in total. The molecule has 0 saturated heterocycles. The lowest BCUT2D eigenvalue weighted by atomic mass is 9.88. The molecule has 0 bridgehead atoms. The Hall–Kier alpha value is -1.88. The summed E-state index contributed by atoms with van der Waals surface area (Å²) in [6, 6.07) is 9.15. The third-order valence-corrected chi connectivity index (χ3v) is 3.50. The summed E-state index contributed by atoms with van der Waals surface area (Å²) in [5.41, 5.74) is 8.55. The lowest BCUT2D eigenvalue weighted by molar-refractivity contribution is 0.463. The molecule has 2 atom stereocenters. The molecule has 1 aliphatic carbocycles.